The number of carbonyl (C=O) groups is 1. The van der Waals surface area contributed by atoms with Gasteiger partial charge in [0.15, 0.2) is 0 Å². The average Bonchev–Trinajstić information content (AvgIpc) is 2.44. The number of amides is 1. The molecule has 0 aliphatic heterocycles. The predicted octanol–water partition coefficient (Wildman–Crippen LogP) is 2.87. The largest absolute Gasteiger partial charge is 0.378 e. The van der Waals surface area contributed by atoms with Crippen molar-refractivity contribution < 1.29 is 9.18 Å². The van der Waals surface area contributed by atoms with Gasteiger partial charge in [0, 0.05) is 31.0 Å². The summed E-state index contributed by atoms with van der Waals surface area (Å²) in [7, 11) is 3.61. The first kappa shape index (κ1) is 15.3. The number of hydrogen-bond donors (Lipinski definition) is 1. The van der Waals surface area contributed by atoms with E-state index in [0.29, 0.717) is 16.4 Å². The molecule has 0 saturated heterocycles. The van der Waals surface area contributed by atoms with Crippen molar-refractivity contribution >= 4 is 23.2 Å². The quantitative estimate of drug-likeness (QED) is 0.944. The molecular formula is C15H15ClFN3O. The molecule has 0 atom stereocenters. The summed E-state index contributed by atoms with van der Waals surface area (Å²) in [5.41, 5.74) is 1.31. The smallest absolute Gasteiger partial charge is 0.254 e. The fourth-order valence-electron chi connectivity index (χ4n) is 1.78. The van der Waals surface area contributed by atoms with Crippen LogP contribution in [0.25, 0.3) is 0 Å². The second-order valence-electron chi connectivity index (χ2n) is 4.71. The average molecular weight is 308 g/mol. The van der Waals surface area contributed by atoms with E-state index in [1.165, 1.54) is 12.1 Å². The van der Waals surface area contributed by atoms with Crippen molar-refractivity contribution in [2.45, 2.75) is 6.54 Å². The Labute approximate surface area is 127 Å². The zero-order valence-electron chi connectivity index (χ0n) is 11.7. The van der Waals surface area contributed by atoms with E-state index in [0.717, 1.165) is 0 Å². The molecule has 1 heterocycles. The molecule has 0 unspecified atom stereocenters. The first-order valence-corrected chi connectivity index (χ1v) is 6.70. The Hall–Kier alpha value is -2.14. The highest BCUT2D eigenvalue weighted by molar-refractivity contribution is 6.30. The Morgan fingerprint density at radius 1 is 1.33 bits per heavy atom. The Morgan fingerprint density at radius 3 is 2.71 bits per heavy atom. The summed E-state index contributed by atoms with van der Waals surface area (Å²) in [4.78, 5) is 17.8. The van der Waals surface area contributed by atoms with Crippen LogP contribution >= 0.6 is 11.6 Å². The minimum atomic E-state index is -0.558. The van der Waals surface area contributed by atoms with Crippen LogP contribution in [0.15, 0.2) is 36.5 Å². The van der Waals surface area contributed by atoms with Crippen molar-refractivity contribution in [3.63, 3.8) is 0 Å². The number of pyridine rings is 1. The summed E-state index contributed by atoms with van der Waals surface area (Å²) in [6, 6.07) is 7.77. The molecule has 0 spiro atoms. The van der Waals surface area contributed by atoms with E-state index in [1.54, 1.807) is 43.4 Å². The molecule has 4 nitrogen and oxygen atoms in total. The highest BCUT2D eigenvalue weighted by Gasteiger charge is 2.12. The van der Waals surface area contributed by atoms with Gasteiger partial charge in [-0.2, -0.15) is 0 Å². The number of rotatable bonds is 4. The molecule has 2 rings (SSSR count). The molecule has 1 aromatic carbocycles. The Bertz CT molecular complexity index is 661. The SMILES string of the molecule is CN(C)c1ccc(C(=O)NCc2cc(Cl)ccn2)c(F)c1. The second kappa shape index (κ2) is 6.54. The molecule has 6 heteroatoms. The highest BCUT2D eigenvalue weighted by Crippen LogP contribution is 2.17. The van der Waals surface area contributed by atoms with Crippen LogP contribution in [0.4, 0.5) is 10.1 Å². The van der Waals surface area contributed by atoms with Crippen LogP contribution in [0, 0.1) is 5.82 Å². The summed E-state index contributed by atoms with van der Waals surface area (Å²) in [5.74, 6) is -1.04. The Morgan fingerprint density at radius 2 is 2.10 bits per heavy atom. The van der Waals surface area contributed by atoms with Gasteiger partial charge in [-0.15, -0.1) is 0 Å². The lowest BCUT2D eigenvalue weighted by Crippen LogP contribution is -2.24. The van der Waals surface area contributed by atoms with Gasteiger partial charge in [0.25, 0.3) is 5.91 Å². The minimum Gasteiger partial charge on any atom is -0.378 e. The molecule has 110 valence electrons. The van der Waals surface area contributed by atoms with Crippen molar-refractivity contribution in [3.8, 4) is 0 Å². The summed E-state index contributed by atoms with van der Waals surface area (Å²) in [5, 5.41) is 3.16. The minimum absolute atomic E-state index is 0.00243. The molecule has 1 amide bonds. The molecule has 0 radical (unpaired) electrons. The van der Waals surface area contributed by atoms with Gasteiger partial charge in [-0.05, 0) is 30.3 Å². The maximum absolute atomic E-state index is 13.9. The normalized spacial score (nSPS) is 10.3. The maximum atomic E-state index is 13.9. The van der Waals surface area contributed by atoms with Crippen LogP contribution in [0.2, 0.25) is 5.02 Å². The van der Waals surface area contributed by atoms with Crippen LogP contribution in [-0.4, -0.2) is 25.0 Å². The van der Waals surface area contributed by atoms with Crippen LogP contribution in [0.1, 0.15) is 16.1 Å². The summed E-state index contributed by atoms with van der Waals surface area (Å²) >= 11 is 5.83. The van der Waals surface area contributed by atoms with Gasteiger partial charge in [-0.25, -0.2) is 4.39 Å². The van der Waals surface area contributed by atoms with E-state index in [2.05, 4.69) is 10.3 Å². The zero-order chi connectivity index (χ0) is 15.4. The predicted molar refractivity (Wildman–Crippen MR) is 81.1 cm³/mol. The lowest BCUT2D eigenvalue weighted by Gasteiger charge is -2.13. The summed E-state index contributed by atoms with van der Waals surface area (Å²) < 4.78 is 13.9. The molecule has 1 aromatic heterocycles. The fourth-order valence-corrected chi connectivity index (χ4v) is 1.96. The van der Waals surface area contributed by atoms with Gasteiger partial charge in [0.05, 0.1) is 17.8 Å². The molecule has 0 aliphatic rings. The van der Waals surface area contributed by atoms with E-state index < -0.39 is 11.7 Å². The lowest BCUT2D eigenvalue weighted by atomic mass is 10.1. The zero-order valence-corrected chi connectivity index (χ0v) is 12.5. The number of aromatic nitrogens is 1. The van der Waals surface area contributed by atoms with Gasteiger partial charge < -0.3 is 10.2 Å². The first-order valence-electron chi connectivity index (χ1n) is 6.33. The molecule has 0 fully saturated rings. The third-order valence-corrected chi connectivity index (χ3v) is 3.16. The van der Waals surface area contributed by atoms with Crippen molar-refractivity contribution in [1.29, 1.82) is 0 Å². The third kappa shape index (κ3) is 3.92. The van der Waals surface area contributed by atoms with Gasteiger partial charge >= 0.3 is 0 Å². The van der Waals surface area contributed by atoms with E-state index in [9.17, 15) is 9.18 Å². The topological polar surface area (TPSA) is 45.2 Å². The number of nitrogens with zero attached hydrogens (tertiary/aromatic N) is 2. The van der Waals surface area contributed by atoms with Gasteiger partial charge in [-0.1, -0.05) is 11.6 Å². The monoisotopic (exact) mass is 307 g/mol. The Balaban J connectivity index is 2.07. The highest BCUT2D eigenvalue weighted by atomic mass is 35.5. The second-order valence-corrected chi connectivity index (χ2v) is 5.14. The molecular weight excluding hydrogens is 293 g/mol. The van der Waals surface area contributed by atoms with E-state index in [1.807, 2.05) is 0 Å². The lowest BCUT2D eigenvalue weighted by molar-refractivity contribution is 0.0946. The molecule has 2 aromatic rings. The summed E-state index contributed by atoms with van der Waals surface area (Å²) in [6.45, 7) is 0.189. The molecule has 21 heavy (non-hydrogen) atoms. The summed E-state index contributed by atoms with van der Waals surface area (Å²) in [6.07, 6.45) is 1.55. The third-order valence-electron chi connectivity index (χ3n) is 2.92. The number of carbonyl (C=O) groups excluding carboxylic acids is 1. The molecule has 0 bridgehead atoms. The molecule has 0 aliphatic carbocycles. The van der Waals surface area contributed by atoms with Crippen LogP contribution in [0.3, 0.4) is 0 Å². The molecule has 0 saturated carbocycles. The van der Waals surface area contributed by atoms with Crippen molar-refractivity contribution in [1.82, 2.24) is 10.3 Å². The van der Waals surface area contributed by atoms with Crippen LogP contribution < -0.4 is 10.2 Å². The van der Waals surface area contributed by atoms with Crippen molar-refractivity contribution in [3.05, 3.63) is 58.6 Å². The van der Waals surface area contributed by atoms with E-state index in [4.69, 9.17) is 11.6 Å². The van der Waals surface area contributed by atoms with Gasteiger partial charge in [0.2, 0.25) is 0 Å². The van der Waals surface area contributed by atoms with Crippen LogP contribution in [0.5, 0.6) is 0 Å². The number of anilines is 1. The Kier molecular flexibility index (Phi) is 4.75. The fraction of sp³-hybridized carbons (Fsp3) is 0.200. The number of halogens is 2. The van der Waals surface area contributed by atoms with Gasteiger partial charge in [0.1, 0.15) is 5.82 Å². The van der Waals surface area contributed by atoms with E-state index in [-0.39, 0.29) is 12.1 Å². The standard InChI is InChI=1S/C15H15ClFN3O/c1-20(2)12-3-4-13(14(17)8-12)15(21)19-9-11-7-10(16)5-6-18-11/h3-8H,9H2,1-2H3,(H,19,21). The molecule has 1 N–H and O–H groups in total. The van der Waals surface area contributed by atoms with E-state index >= 15 is 0 Å². The van der Waals surface area contributed by atoms with Crippen molar-refractivity contribution in [2.24, 2.45) is 0 Å². The number of nitrogens with one attached hydrogen (secondary N) is 1. The number of benzene rings is 1. The van der Waals surface area contributed by atoms with Crippen molar-refractivity contribution in [2.75, 3.05) is 19.0 Å². The first-order chi connectivity index (χ1) is 9.97. The maximum Gasteiger partial charge on any atom is 0.254 e. The number of hydrogen-bond acceptors (Lipinski definition) is 3. The van der Waals surface area contributed by atoms with Gasteiger partial charge in [-0.3, -0.25) is 9.78 Å². The van der Waals surface area contributed by atoms with Crippen LogP contribution in [-0.2, 0) is 6.54 Å².